The second-order valence-electron chi connectivity index (χ2n) is 4.08. The van der Waals surface area contributed by atoms with E-state index in [4.69, 9.17) is 17.2 Å². The number of phenols is 2. The van der Waals surface area contributed by atoms with Crippen LogP contribution in [0, 0.1) is 0 Å². The predicted molar refractivity (Wildman–Crippen MR) is 72.9 cm³/mol. The molecule has 6 nitrogen and oxygen atoms in total. The highest BCUT2D eigenvalue weighted by atomic mass is 16.3. The van der Waals surface area contributed by atoms with Crippen molar-refractivity contribution < 1.29 is 15.0 Å². The minimum Gasteiger partial charge on any atom is -0.506 e. The van der Waals surface area contributed by atoms with E-state index in [1.807, 2.05) is 0 Å². The highest BCUT2D eigenvalue weighted by Crippen LogP contribution is 2.38. The fourth-order valence-electron chi connectivity index (χ4n) is 1.75. The maximum Gasteiger partial charge on any atom is 0.199 e. The van der Waals surface area contributed by atoms with Gasteiger partial charge in [0.15, 0.2) is 11.5 Å². The van der Waals surface area contributed by atoms with Gasteiger partial charge < -0.3 is 27.4 Å². The van der Waals surface area contributed by atoms with E-state index >= 15 is 0 Å². The van der Waals surface area contributed by atoms with Crippen LogP contribution in [0.1, 0.15) is 15.9 Å². The average Bonchev–Trinajstić information content (AvgIpc) is 2.36. The van der Waals surface area contributed by atoms with Gasteiger partial charge in [-0.1, -0.05) is 12.1 Å². The molecule has 8 N–H and O–H groups in total. The lowest BCUT2D eigenvalue weighted by atomic mass is 9.99. The van der Waals surface area contributed by atoms with E-state index in [-0.39, 0.29) is 28.3 Å². The molecule has 0 amide bonds. The molecule has 0 aromatic heterocycles. The van der Waals surface area contributed by atoms with E-state index in [0.717, 1.165) is 6.07 Å². The van der Waals surface area contributed by atoms with Crippen molar-refractivity contribution in [3.8, 4) is 11.5 Å². The predicted octanol–water partition coefficient (Wildman–Crippen LogP) is 1.08. The van der Waals surface area contributed by atoms with Crippen molar-refractivity contribution in [1.29, 1.82) is 0 Å². The monoisotopic (exact) mass is 259 g/mol. The first-order valence-electron chi connectivity index (χ1n) is 5.42. The molecule has 0 aliphatic heterocycles. The van der Waals surface area contributed by atoms with Crippen LogP contribution < -0.4 is 17.2 Å². The normalized spacial score (nSPS) is 10.3. The van der Waals surface area contributed by atoms with Crippen LogP contribution in [-0.4, -0.2) is 16.0 Å². The van der Waals surface area contributed by atoms with E-state index in [1.54, 1.807) is 12.1 Å². The Bertz CT molecular complexity index is 642. The molecular formula is C13H13N3O3. The number of hydrogen-bond acceptors (Lipinski definition) is 6. The maximum absolute atomic E-state index is 12.3. The fraction of sp³-hybridized carbons (Fsp3) is 0. The second kappa shape index (κ2) is 4.41. The van der Waals surface area contributed by atoms with E-state index in [1.165, 1.54) is 12.1 Å². The lowest BCUT2D eigenvalue weighted by molar-refractivity contribution is 0.103. The maximum atomic E-state index is 12.3. The highest BCUT2D eigenvalue weighted by Gasteiger charge is 2.21. The number of anilines is 3. The summed E-state index contributed by atoms with van der Waals surface area (Å²) in [6.45, 7) is 0. The zero-order valence-electron chi connectivity index (χ0n) is 9.92. The molecule has 0 atom stereocenters. The van der Waals surface area contributed by atoms with Gasteiger partial charge in [0.1, 0.15) is 5.75 Å². The number of aromatic hydroxyl groups is 2. The standard InChI is InChI=1S/C13H13N3O3/c14-7-3-1-2-6(4-7)12(18)10-11(16)9(17)5-8(15)13(10)19/h1-5,17,19H,14-16H2. The number of hydrogen-bond donors (Lipinski definition) is 5. The zero-order valence-corrected chi connectivity index (χ0v) is 9.92. The van der Waals surface area contributed by atoms with Crippen molar-refractivity contribution in [3.63, 3.8) is 0 Å². The molecule has 2 rings (SSSR count). The number of nitrogen functional groups attached to an aromatic ring is 3. The van der Waals surface area contributed by atoms with Gasteiger partial charge in [0, 0.05) is 17.3 Å². The summed E-state index contributed by atoms with van der Waals surface area (Å²) in [5, 5.41) is 19.4. The summed E-state index contributed by atoms with van der Waals surface area (Å²) in [7, 11) is 0. The third-order valence-electron chi connectivity index (χ3n) is 2.72. The topological polar surface area (TPSA) is 136 Å². The quantitative estimate of drug-likeness (QED) is 0.237. The average molecular weight is 259 g/mol. The molecule has 0 aliphatic carbocycles. The summed E-state index contributed by atoms with van der Waals surface area (Å²) < 4.78 is 0. The van der Waals surface area contributed by atoms with Crippen LogP contribution in [0.15, 0.2) is 30.3 Å². The van der Waals surface area contributed by atoms with Crippen LogP contribution in [-0.2, 0) is 0 Å². The van der Waals surface area contributed by atoms with Crippen molar-refractivity contribution in [2.24, 2.45) is 0 Å². The first-order chi connectivity index (χ1) is 8.91. The lowest BCUT2D eigenvalue weighted by Gasteiger charge is -2.11. The van der Waals surface area contributed by atoms with Crippen LogP contribution in [0.2, 0.25) is 0 Å². The Morgan fingerprint density at radius 2 is 1.74 bits per heavy atom. The smallest absolute Gasteiger partial charge is 0.199 e. The molecule has 0 radical (unpaired) electrons. The molecule has 0 aliphatic rings. The SMILES string of the molecule is Nc1cccc(C(=O)c2c(N)c(O)cc(N)c2O)c1. The largest absolute Gasteiger partial charge is 0.506 e. The lowest BCUT2D eigenvalue weighted by Crippen LogP contribution is -2.08. The van der Waals surface area contributed by atoms with Gasteiger partial charge in [-0.2, -0.15) is 0 Å². The van der Waals surface area contributed by atoms with Gasteiger partial charge in [0.05, 0.1) is 16.9 Å². The van der Waals surface area contributed by atoms with Crippen LogP contribution in [0.5, 0.6) is 11.5 Å². The first-order valence-corrected chi connectivity index (χ1v) is 5.42. The number of rotatable bonds is 2. The fourth-order valence-corrected chi connectivity index (χ4v) is 1.75. The summed E-state index contributed by atoms with van der Waals surface area (Å²) in [5.41, 5.74) is 16.8. The summed E-state index contributed by atoms with van der Waals surface area (Å²) in [4.78, 5) is 12.3. The number of ketones is 1. The summed E-state index contributed by atoms with van der Waals surface area (Å²) in [6.07, 6.45) is 0. The molecule has 0 heterocycles. The van der Waals surface area contributed by atoms with E-state index in [9.17, 15) is 15.0 Å². The van der Waals surface area contributed by atoms with Gasteiger partial charge in [0.2, 0.25) is 0 Å². The van der Waals surface area contributed by atoms with Crippen LogP contribution in [0.3, 0.4) is 0 Å². The van der Waals surface area contributed by atoms with Crippen molar-refractivity contribution in [1.82, 2.24) is 0 Å². The molecule has 0 saturated carbocycles. The number of carbonyl (C=O) groups excluding carboxylic acids is 1. The van der Waals surface area contributed by atoms with Gasteiger partial charge in [-0.3, -0.25) is 4.79 Å². The number of phenolic OH excluding ortho intramolecular Hbond substituents is 2. The number of carbonyl (C=O) groups is 1. The summed E-state index contributed by atoms with van der Waals surface area (Å²) >= 11 is 0. The van der Waals surface area contributed by atoms with E-state index < -0.39 is 11.5 Å². The molecule has 0 saturated heterocycles. The molecule has 19 heavy (non-hydrogen) atoms. The van der Waals surface area contributed by atoms with Crippen molar-refractivity contribution in [3.05, 3.63) is 41.5 Å². The number of benzene rings is 2. The Morgan fingerprint density at radius 1 is 1.05 bits per heavy atom. The number of nitrogens with two attached hydrogens (primary N) is 3. The van der Waals surface area contributed by atoms with Crippen LogP contribution in [0.25, 0.3) is 0 Å². The zero-order chi connectivity index (χ0) is 14.2. The Hall–Kier alpha value is -2.89. The van der Waals surface area contributed by atoms with E-state index in [0.29, 0.717) is 5.69 Å². The third kappa shape index (κ3) is 2.11. The Balaban J connectivity index is 2.62. The Morgan fingerprint density at radius 3 is 2.37 bits per heavy atom. The minimum atomic E-state index is -0.565. The molecule has 0 fully saturated rings. The van der Waals surface area contributed by atoms with Gasteiger partial charge >= 0.3 is 0 Å². The van der Waals surface area contributed by atoms with Gasteiger partial charge in [-0.05, 0) is 12.1 Å². The molecule has 2 aromatic carbocycles. The van der Waals surface area contributed by atoms with Crippen LogP contribution >= 0.6 is 0 Å². The second-order valence-corrected chi connectivity index (χ2v) is 4.08. The van der Waals surface area contributed by atoms with Crippen molar-refractivity contribution in [2.45, 2.75) is 0 Å². The molecular weight excluding hydrogens is 246 g/mol. The van der Waals surface area contributed by atoms with Crippen molar-refractivity contribution >= 4 is 22.8 Å². The molecule has 6 heteroatoms. The van der Waals surface area contributed by atoms with Gasteiger partial charge in [-0.25, -0.2) is 0 Å². The van der Waals surface area contributed by atoms with Gasteiger partial charge in [0.25, 0.3) is 0 Å². The minimum absolute atomic E-state index is 0.126. The summed E-state index contributed by atoms with van der Waals surface area (Å²) in [6, 6.07) is 7.28. The molecule has 0 unspecified atom stereocenters. The van der Waals surface area contributed by atoms with Gasteiger partial charge in [-0.15, -0.1) is 0 Å². The third-order valence-corrected chi connectivity index (χ3v) is 2.72. The highest BCUT2D eigenvalue weighted by molar-refractivity contribution is 6.15. The van der Waals surface area contributed by atoms with E-state index in [2.05, 4.69) is 0 Å². The van der Waals surface area contributed by atoms with Crippen LogP contribution in [0.4, 0.5) is 17.1 Å². The Labute approximate surface area is 109 Å². The molecule has 0 bridgehead atoms. The Kier molecular flexibility index (Phi) is 2.92. The molecule has 98 valence electrons. The molecule has 0 spiro atoms. The first kappa shape index (κ1) is 12.6. The summed E-state index contributed by atoms with van der Waals surface area (Å²) in [5.74, 6) is -1.38. The van der Waals surface area contributed by atoms with Crippen molar-refractivity contribution in [2.75, 3.05) is 17.2 Å². The molecule has 2 aromatic rings.